The third-order valence-electron chi connectivity index (χ3n) is 3.64. The van der Waals surface area contributed by atoms with Gasteiger partial charge in [0, 0.05) is 35.9 Å². The molecule has 1 aliphatic heterocycles. The quantitative estimate of drug-likeness (QED) is 0.833. The molecule has 1 aromatic carbocycles. The minimum atomic E-state index is 0.305. The van der Waals surface area contributed by atoms with Crippen molar-refractivity contribution in [2.75, 3.05) is 18.0 Å². The zero-order valence-corrected chi connectivity index (χ0v) is 11.0. The lowest BCUT2D eigenvalue weighted by Crippen LogP contribution is -2.26. The molecular weight excluding hydrogens is 222 g/mol. The molecule has 18 heavy (non-hydrogen) atoms. The van der Waals surface area contributed by atoms with Crippen LogP contribution in [-0.4, -0.2) is 24.1 Å². The smallest absolute Gasteiger partial charge is 0.0728 e. The van der Waals surface area contributed by atoms with Crippen LogP contribution in [0.25, 0.3) is 10.9 Å². The Morgan fingerprint density at radius 1 is 1.28 bits per heavy atom. The Bertz CT molecular complexity index is 586. The number of nitrogens with two attached hydrogens (primary N) is 1. The summed E-state index contributed by atoms with van der Waals surface area (Å²) < 4.78 is 0. The lowest BCUT2D eigenvalue weighted by molar-refractivity contribution is 0.752. The monoisotopic (exact) mass is 241 g/mol. The highest BCUT2D eigenvalue weighted by atomic mass is 15.2. The second-order valence-corrected chi connectivity index (χ2v) is 5.30. The fourth-order valence-corrected chi connectivity index (χ4v) is 2.72. The number of aryl methyl sites for hydroxylation is 2. The van der Waals surface area contributed by atoms with Gasteiger partial charge in [0.05, 0.1) is 5.52 Å². The van der Waals surface area contributed by atoms with Gasteiger partial charge in [0.2, 0.25) is 0 Å². The number of pyridine rings is 1. The number of benzene rings is 1. The van der Waals surface area contributed by atoms with E-state index in [4.69, 9.17) is 5.73 Å². The van der Waals surface area contributed by atoms with Crippen molar-refractivity contribution >= 4 is 16.6 Å². The van der Waals surface area contributed by atoms with Crippen molar-refractivity contribution in [1.29, 1.82) is 0 Å². The molecule has 2 aromatic rings. The number of nitrogens with zero attached hydrogens (tertiary/aromatic N) is 2. The van der Waals surface area contributed by atoms with Crippen molar-refractivity contribution in [1.82, 2.24) is 4.98 Å². The first kappa shape index (κ1) is 11.5. The zero-order valence-electron chi connectivity index (χ0n) is 11.0. The predicted octanol–water partition coefficient (Wildman–Crippen LogP) is 2.39. The van der Waals surface area contributed by atoms with E-state index in [0.717, 1.165) is 30.7 Å². The van der Waals surface area contributed by atoms with Gasteiger partial charge >= 0.3 is 0 Å². The number of fused-ring (bicyclic) bond motifs is 1. The molecule has 0 bridgehead atoms. The maximum Gasteiger partial charge on any atom is 0.0728 e. The van der Waals surface area contributed by atoms with E-state index < -0.39 is 0 Å². The van der Waals surface area contributed by atoms with Crippen LogP contribution in [0, 0.1) is 13.8 Å². The van der Waals surface area contributed by atoms with Crippen LogP contribution in [0.3, 0.4) is 0 Å². The van der Waals surface area contributed by atoms with E-state index in [1.807, 2.05) is 0 Å². The summed E-state index contributed by atoms with van der Waals surface area (Å²) in [5.41, 5.74) is 10.7. The molecule has 0 radical (unpaired) electrons. The first-order valence-electron chi connectivity index (χ1n) is 6.52. The first-order chi connectivity index (χ1) is 8.63. The van der Waals surface area contributed by atoms with Gasteiger partial charge in [0.1, 0.15) is 0 Å². The van der Waals surface area contributed by atoms with Crippen LogP contribution in [0.1, 0.15) is 17.7 Å². The van der Waals surface area contributed by atoms with Crippen molar-refractivity contribution < 1.29 is 0 Å². The fourth-order valence-electron chi connectivity index (χ4n) is 2.72. The molecule has 3 heteroatoms. The van der Waals surface area contributed by atoms with Gasteiger partial charge in [-0.1, -0.05) is 12.1 Å². The molecule has 1 atom stereocenters. The molecule has 0 amide bonds. The molecule has 1 aromatic heterocycles. The molecule has 3 rings (SSSR count). The van der Waals surface area contributed by atoms with Gasteiger partial charge in [-0.25, -0.2) is 0 Å². The van der Waals surface area contributed by atoms with E-state index in [-0.39, 0.29) is 0 Å². The van der Waals surface area contributed by atoms with Crippen LogP contribution in [0.4, 0.5) is 5.69 Å². The summed E-state index contributed by atoms with van der Waals surface area (Å²) in [6, 6.07) is 8.96. The number of anilines is 1. The van der Waals surface area contributed by atoms with Gasteiger partial charge in [-0.2, -0.15) is 0 Å². The van der Waals surface area contributed by atoms with Crippen molar-refractivity contribution in [2.24, 2.45) is 5.73 Å². The fraction of sp³-hybridized carbons (Fsp3) is 0.400. The van der Waals surface area contributed by atoms with E-state index in [1.54, 1.807) is 0 Å². The maximum atomic E-state index is 6.01. The molecule has 0 saturated carbocycles. The molecule has 94 valence electrons. The summed E-state index contributed by atoms with van der Waals surface area (Å²) in [6.45, 7) is 6.16. The van der Waals surface area contributed by atoms with Crippen molar-refractivity contribution in [3.8, 4) is 0 Å². The summed E-state index contributed by atoms with van der Waals surface area (Å²) in [4.78, 5) is 7.02. The van der Waals surface area contributed by atoms with E-state index in [2.05, 4.69) is 48.0 Å². The average Bonchev–Trinajstić information content (AvgIpc) is 2.74. The third-order valence-corrected chi connectivity index (χ3v) is 3.64. The highest BCUT2D eigenvalue weighted by molar-refractivity contribution is 5.92. The normalized spacial score (nSPS) is 19.7. The third kappa shape index (κ3) is 1.95. The van der Waals surface area contributed by atoms with Gasteiger partial charge in [0.15, 0.2) is 0 Å². The second kappa shape index (κ2) is 4.25. The molecule has 1 fully saturated rings. The van der Waals surface area contributed by atoms with Crippen LogP contribution in [0.2, 0.25) is 0 Å². The number of hydrogen-bond acceptors (Lipinski definition) is 3. The summed E-state index contributed by atoms with van der Waals surface area (Å²) in [5.74, 6) is 0. The van der Waals surface area contributed by atoms with Crippen LogP contribution in [0.5, 0.6) is 0 Å². The Labute approximate surface area is 108 Å². The number of rotatable bonds is 1. The van der Waals surface area contributed by atoms with E-state index in [0.29, 0.717) is 6.04 Å². The molecular formula is C15H19N3. The lowest BCUT2D eigenvalue weighted by atomic mass is 10.1. The predicted molar refractivity (Wildman–Crippen MR) is 76.0 cm³/mol. The van der Waals surface area contributed by atoms with Crippen LogP contribution in [0.15, 0.2) is 24.3 Å². The van der Waals surface area contributed by atoms with E-state index in [9.17, 15) is 0 Å². The van der Waals surface area contributed by atoms with Gasteiger partial charge < -0.3 is 10.6 Å². The Kier molecular flexibility index (Phi) is 2.71. The van der Waals surface area contributed by atoms with Crippen molar-refractivity contribution in [2.45, 2.75) is 26.3 Å². The molecule has 3 nitrogen and oxygen atoms in total. The summed E-state index contributed by atoms with van der Waals surface area (Å²) in [5, 5.41) is 1.24. The topological polar surface area (TPSA) is 42.1 Å². The number of aromatic nitrogens is 1. The van der Waals surface area contributed by atoms with Crippen molar-refractivity contribution in [3.63, 3.8) is 0 Å². The average molecular weight is 241 g/mol. The Balaban J connectivity index is 2.15. The van der Waals surface area contributed by atoms with Crippen molar-refractivity contribution in [3.05, 3.63) is 35.5 Å². The molecule has 1 unspecified atom stereocenters. The van der Waals surface area contributed by atoms with Gasteiger partial charge in [-0.3, -0.25) is 4.98 Å². The van der Waals surface area contributed by atoms with Gasteiger partial charge in [0.25, 0.3) is 0 Å². The molecule has 2 heterocycles. The summed E-state index contributed by atoms with van der Waals surface area (Å²) in [6.07, 6.45) is 1.08. The van der Waals surface area contributed by atoms with E-state index in [1.165, 1.54) is 16.6 Å². The molecule has 0 spiro atoms. The van der Waals surface area contributed by atoms with Gasteiger partial charge in [-0.05, 0) is 38.0 Å². The van der Waals surface area contributed by atoms with Crippen LogP contribution in [-0.2, 0) is 0 Å². The molecule has 0 aliphatic carbocycles. The van der Waals surface area contributed by atoms with Gasteiger partial charge in [-0.15, -0.1) is 0 Å². The maximum absolute atomic E-state index is 6.01. The molecule has 1 saturated heterocycles. The Morgan fingerprint density at radius 2 is 2.11 bits per heavy atom. The number of hydrogen-bond donors (Lipinski definition) is 1. The summed E-state index contributed by atoms with van der Waals surface area (Å²) >= 11 is 0. The standard InChI is InChI=1S/C15H19N3/c1-10-3-4-13-14(7-10)17-11(2)8-15(13)18-6-5-12(16)9-18/h3-4,7-8,12H,5-6,9,16H2,1-2H3. The Hall–Kier alpha value is -1.61. The van der Waals surface area contributed by atoms with Crippen LogP contribution >= 0.6 is 0 Å². The zero-order chi connectivity index (χ0) is 12.7. The molecule has 2 N–H and O–H groups in total. The second-order valence-electron chi connectivity index (χ2n) is 5.30. The minimum absolute atomic E-state index is 0.305. The SMILES string of the molecule is Cc1ccc2c(N3CCC(N)C3)cc(C)nc2c1. The molecule has 1 aliphatic rings. The summed E-state index contributed by atoms with van der Waals surface area (Å²) in [7, 11) is 0. The van der Waals surface area contributed by atoms with Crippen LogP contribution < -0.4 is 10.6 Å². The Morgan fingerprint density at radius 3 is 2.83 bits per heavy atom. The minimum Gasteiger partial charge on any atom is -0.369 e. The first-order valence-corrected chi connectivity index (χ1v) is 6.52. The van der Waals surface area contributed by atoms with E-state index >= 15 is 0 Å². The largest absolute Gasteiger partial charge is 0.369 e. The highest BCUT2D eigenvalue weighted by Gasteiger charge is 2.21. The highest BCUT2D eigenvalue weighted by Crippen LogP contribution is 2.29. The lowest BCUT2D eigenvalue weighted by Gasteiger charge is -2.20.